The molecule has 0 aromatic carbocycles. The topological polar surface area (TPSA) is 68.5 Å². The molecule has 2 heterocycles. The highest BCUT2D eigenvalue weighted by molar-refractivity contribution is 5.69. The Bertz CT molecular complexity index is 466. The molecule has 0 unspecified atom stereocenters. The van der Waals surface area contributed by atoms with Crippen LogP contribution in [-0.2, 0) is 24.4 Å². The first kappa shape index (κ1) is 12.8. The summed E-state index contributed by atoms with van der Waals surface area (Å²) in [5, 5.41) is 0. The van der Waals surface area contributed by atoms with Gasteiger partial charge < -0.3 is 10.5 Å². The predicted molar refractivity (Wildman–Crippen MR) is 67.6 cm³/mol. The number of pyridine rings is 1. The van der Waals surface area contributed by atoms with Gasteiger partial charge in [0.15, 0.2) is 0 Å². The quantitative estimate of drug-likeness (QED) is 0.824. The molecule has 98 valence electrons. The zero-order valence-electron chi connectivity index (χ0n) is 11.1. The van der Waals surface area contributed by atoms with Crippen LogP contribution in [0.5, 0.6) is 0 Å². The number of rotatable bonds is 1. The number of aromatic nitrogens is 1. The number of carbonyl (C=O) groups excluding carboxylic acids is 1. The van der Waals surface area contributed by atoms with Crippen LogP contribution < -0.4 is 5.73 Å². The molecule has 0 fully saturated rings. The smallest absolute Gasteiger partial charge is 0.410 e. The van der Waals surface area contributed by atoms with Crippen LogP contribution in [0.3, 0.4) is 0 Å². The first-order chi connectivity index (χ1) is 8.39. The molecule has 5 nitrogen and oxygen atoms in total. The number of fused-ring (bicyclic) bond motifs is 1. The van der Waals surface area contributed by atoms with Crippen molar-refractivity contribution >= 4 is 6.09 Å². The molecule has 5 heteroatoms. The van der Waals surface area contributed by atoms with Crippen molar-refractivity contribution in [3.63, 3.8) is 0 Å². The lowest BCUT2D eigenvalue weighted by Crippen LogP contribution is -2.33. The maximum Gasteiger partial charge on any atom is 0.410 e. The second-order valence-electron chi connectivity index (χ2n) is 5.49. The van der Waals surface area contributed by atoms with Gasteiger partial charge in [0, 0.05) is 12.7 Å². The molecule has 1 aliphatic rings. The number of hydrogen-bond donors (Lipinski definition) is 1. The molecule has 0 saturated heterocycles. The molecule has 0 saturated carbocycles. The van der Waals surface area contributed by atoms with Crippen molar-refractivity contribution in [2.24, 2.45) is 5.73 Å². The van der Waals surface area contributed by atoms with E-state index in [0.29, 0.717) is 19.6 Å². The highest BCUT2D eigenvalue weighted by Crippen LogP contribution is 2.23. The lowest BCUT2D eigenvalue weighted by molar-refractivity contribution is 0.0240. The summed E-state index contributed by atoms with van der Waals surface area (Å²) in [6.07, 6.45) is 1.46. The summed E-state index contributed by atoms with van der Waals surface area (Å²) in [6, 6.07) is 2.01. The van der Waals surface area contributed by atoms with Crippen molar-refractivity contribution in [2.75, 3.05) is 0 Å². The molecule has 1 aromatic heterocycles. The number of carbonyl (C=O) groups is 1. The summed E-state index contributed by atoms with van der Waals surface area (Å²) in [7, 11) is 0. The lowest BCUT2D eigenvalue weighted by Gasteiger charge is -2.23. The fraction of sp³-hybridized carbons (Fsp3) is 0.538. The van der Waals surface area contributed by atoms with Crippen molar-refractivity contribution in [3.05, 3.63) is 29.1 Å². The average Bonchev–Trinajstić information content (AvgIpc) is 2.69. The van der Waals surface area contributed by atoms with Crippen LogP contribution in [0.1, 0.15) is 37.6 Å². The van der Waals surface area contributed by atoms with Gasteiger partial charge in [-0.15, -0.1) is 0 Å². The first-order valence-corrected chi connectivity index (χ1v) is 6.04. The monoisotopic (exact) mass is 249 g/mol. The molecule has 0 bridgehead atoms. The molecule has 0 spiro atoms. The van der Waals surface area contributed by atoms with E-state index in [-0.39, 0.29) is 6.09 Å². The lowest BCUT2D eigenvalue weighted by atomic mass is 10.2. The molecule has 2 N–H and O–H groups in total. The third-order valence-corrected chi connectivity index (χ3v) is 2.71. The van der Waals surface area contributed by atoms with Gasteiger partial charge >= 0.3 is 6.09 Å². The first-order valence-electron chi connectivity index (χ1n) is 6.04. The van der Waals surface area contributed by atoms with Gasteiger partial charge in [0.1, 0.15) is 5.60 Å². The Kier molecular flexibility index (Phi) is 3.26. The third kappa shape index (κ3) is 2.79. The number of nitrogens with two attached hydrogens (primary N) is 1. The van der Waals surface area contributed by atoms with Gasteiger partial charge in [-0.2, -0.15) is 0 Å². The summed E-state index contributed by atoms with van der Waals surface area (Å²) in [4.78, 5) is 17.9. The van der Waals surface area contributed by atoms with Crippen LogP contribution in [0.25, 0.3) is 0 Å². The van der Waals surface area contributed by atoms with Gasteiger partial charge in [-0.25, -0.2) is 4.79 Å². The number of hydrogen-bond acceptors (Lipinski definition) is 4. The minimum absolute atomic E-state index is 0.296. The van der Waals surface area contributed by atoms with Crippen LogP contribution >= 0.6 is 0 Å². The van der Waals surface area contributed by atoms with Gasteiger partial charge in [0.25, 0.3) is 0 Å². The normalized spacial score (nSPS) is 14.6. The molecule has 0 aliphatic carbocycles. The molecular weight excluding hydrogens is 230 g/mol. The van der Waals surface area contributed by atoms with Gasteiger partial charge in [0.2, 0.25) is 0 Å². The zero-order chi connectivity index (χ0) is 13.3. The Hall–Kier alpha value is -1.62. The fourth-order valence-electron chi connectivity index (χ4n) is 1.88. The second-order valence-corrected chi connectivity index (χ2v) is 5.49. The Morgan fingerprint density at radius 3 is 2.83 bits per heavy atom. The van der Waals surface area contributed by atoms with Crippen LogP contribution in [-0.4, -0.2) is 21.6 Å². The van der Waals surface area contributed by atoms with Crippen molar-refractivity contribution in [3.8, 4) is 0 Å². The second kappa shape index (κ2) is 4.57. The highest BCUT2D eigenvalue weighted by Gasteiger charge is 2.28. The fourth-order valence-corrected chi connectivity index (χ4v) is 1.88. The van der Waals surface area contributed by atoms with Gasteiger partial charge in [0.05, 0.1) is 18.8 Å². The zero-order valence-corrected chi connectivity index (χ0v) is 11.1. The predicted octanol–water partition coefficient (Wildman–Crippen LogP) is 1.79. The summed E-state index contributed by atoms with van der Waals surface area (Å²) >= 11 is 0. The van der Waals surface area contributed by atoms with Crippen molar-refractivity contribution < 1.29 is 9.53 Å². The van der Waals surface area contributed by atoms with E-state index in [1.807, 2.05) is 26.8 Å². The Morgan fingerprint density at radius 1 is 1.50 bits per heavy atom. The SMILES string of the molecule is CC(C)(C)OC(=O)N1Cc2cc(CN)cnc2C1. The van der Waals surface area contributed by atoms with Gasteiger partial charge in [-0.3, -0.25) is 9.88 Å². The maximum absolute atomic E-state index is 11.9. The highest BCUT2D eigenvalue weighted by atomic mass is 16.6. The molecule has 2 rings (SSSR count). The maximum atomic E-state index is 11.9. The van der Waals surface area contributed by atoms with Crippen molar-refractivity contribution in [1.29, 1.82) is 0 Å². The molecule has 0 radical (unpaired) electrons. The Morgan fingerprint density at radius 2 is 2.22 bits per heavy atom. The molecule has 0 atom stereocenters. The summed E-state index contributed by atoms with van der Waals surface area (Å²) in [6.45, 7) is 7.10. The molecular formula is C13H19N3O2. The summed E-state index contributed by atoms with van der Waals surface area (Å²) in [5.41, 5.74) is 8.08. The Balaban J connectivity index is 2.08. The van der Waals surface area contributed by atoms with E-state index in [0.717, 1.165) is 16.8 Å². The van der Waals surface area contributed by atoms with Crippen molar-refractivity contribution in [1.82, 2.24) is 9.88 Å². The van der Waals surface area contributed by atoms with E-state index in [9.17, 15) is 4.79 Å². The largest absolute Gasteiger partial charge is 0.444 e. The molecule has 1 aliphatic heterocycles. The molecule has 18 heavy (non-hydrogen) atoms. The number of ether oxygens (including phenoxy) is 1. The number of nitrogens with zero attached hydrogens (tertiary/aromatic N) is 2. The van der Waals surface area contributed by atoms with E-state index in [1.54, 1.807) is 11.1 Å². The minimum Gasteiger partial charge on any atom is -0.444 e. The van der Waals surface area contributed by atoms with E-state index >= 15 is 0 Å². The third-order valence-electron chi connectivity index (χ3n) is 2.71. The molecule has 1 aromatic rings. The van der Waals surface area contributed by atoms with E-state index in [1.165, 1.54) is 0 Å². The van der Waals surface area contributed by atoms with Crippen LogP contribution in [0, 0.1) is 0 Å². The van der Waals surface area contributed by atoms with Gasteiger partial charge in [-0.05, 0) is 38.0 Å². The summed E-state index contributed by atoms with van der Waals surface area (Å²) < 4.78 is 5.34. The van der Waals surface area contributed by atoms with E-state index < -0.39 is 5.60 Å². The average molecular weight is 249 g/mol. The van der Waals surface area contributed by atoms with Crippen LogP contribution in [0.15, 0.2) is 12.3 Å². The van der Waals surface area contributed by atoms with Crippen molar-refractivity contribution in [2.45, 2.75) is 46.0 Å². The van der Waals surface area contributed by atoms with Gasteiger partial charge in [-0.1, -0.05) is 0 Å². The summed E-state index contributed by atoms with van der Waals surface area (Å²) in [5.74, 6) is 0. The molecule has 1 amide bonds. The number of amides is 1. The van der Waals surface area contributed by atoms with Crippen LogP contribution in [0.2, 0.25) is 0 Å². The standard InChI is InChI=1S/C13H19N3O2/c1-13(2,3)18-12(17)16-7-10-4-9(5-14)6-15-11(10)8-16/h4,6H,5,7-8,14H2,1-3H3. The van der Waals surface area contributed by atoms with E-state index in [4.69, 9.17) is 10.5 Å². The minimum atomic E-state index is -0.471. The Labute approximate surface area is 107 Å². The van der Waals surface area contributed by atoms with E-state index in [2.05, 4.69) is 4.98 Å². The van der Waals surface area contributed by atoms with Crippen LogP contribution in [0.4, 0.5) is 4.79 Å².